The van der Waals surface area contributed by atoms with Gasteiger partial charge in [-0.25, -0.2) is 0 Å². The minimum Gasteiger partial charge on any atom is -0.486 e. The monoisotopic (exact) mass is 380 g/mol. The first-order valence-corrected chi connectivity index (χ1v) is 10.1. The van der Waals surface area contributed by atoms with Crippen LogP contribution < -0.4 is 19.7 Å². The molecule has 2 atom stereocenters. The summed E-state index contributed by atoms with van der Waals surface area (Å²) in [6, 6.07) is 5.10. The van der Waals surface area contributed by atoms with Gasteiger partial charge in [-0.2, -0.15) is 11.8 Å². The Morgan fingerprint density at radius 1 is 1.38 bits per heavy atom. The van der Waals surface area contributed by atoms with Gasteiger partial charge in [-0.05, 0) is 30.6 Å². The topological polar surface area (TPSA) is 88.1 Å². The van der Waals surface area contributed by atoms with E-state index in [4.69, 9.17) is 9.47 Å². The van der Waals surface area contributed by atoms with Gasteiger partial charge in [0.1, 0.15) is 13.2 Å². The maximum absolute atomic E-state index is 12.5. The van der Waals surface area contributed by atoms with E-state index in [9.17, 15) is 14.7 Å². The lowest BCUT2D eigenvalue weighted by Gasteiger charge is -2.22. The van der Waals surface area contributed by atoms with Gasteiger partial charge < -0.3 is 24.8 Å². The number of carbonyl (C=O) groups is 2. The summed E-state index contributed by atoms with van der Waals surface area (Å²) >= 11 is 1.67. The van der Waals surface area contributed by atoms with Crippen LogP contribution in [0.1, 0.15) is 12.8 Å². The van der Waals surface area contributed by atoms with E-state index in [1.54, 1.807) is 34.9 Å². The molecule has 1 fully saturated rings. The Bertz CT molecular complexity index is 669. The van der Waals surface area contributed by atoms with E-state index in [-0.39, 0.29) is 30.9 Å². The summed E-state index contributed by atoms with van der Waals surface area (Å²) in [5.41, 5.74) is 0.704. The molecule has 0 aliphatic carbocycles. The van der Waals surface area contributed by atoms with Crippen molar-refractivity contribution in [2.24, 2.45) is 5.92 Å². The third-order valence-electron chi connectivity index (χ3n) is 4.57. The van der Waals surface area contributed by atoms with Gasteiger partial charge in [0.2, 0.25) is 11.8 Å². The number of anilines is 1. The van der Waals surface area contributed by atoms with Crippen molar-refractivity contribution in [3.8, 4) is 11.5 Å². The molecule has 1 saturated heterocycles. The molecular weight excluding hydrogens is 356 g/mol. The lowest BCUT2D eigenvalue weighted by Crippen LogP contribution is -2.42. The average Bonchev–Trinajstić information content (AvgIpc) is 3.06. The highest BCUT2D eigenvalue weighted by Crippen LogP contribution is 2.36. The summed E-state index contributed by atoms with van der Waals surface area (Å²) in [6.45, 7) is 1.22. The Kier molecular flexibility index (Phi) is 6.26. The molecule has 26 heavy (non-hydrogen) atoms. The van der Waals surface area contributed by atoms with E-state index >= 15 is 0 Å². The SMILES string of the molecule is CSCC[C@@H](CO)NC(=O)C1CC(=O)N(c2ccc3c(c2)OCCO3)C1. The molecule has 1 aromatic rings. The molecule has 2 amide bonds. The maximum Gasteiger partial charge on any atom is 0.227 e. The Labute approximate surface area is 157 Å². The van der Waals surface area contributed by atoms with Crippen molar-refractivity contribution in [1.29, 1.82) is 0 Å². The average molecular weight is 380 g/mol. The van der Waals surface area contributed by atoms with Crippen LogP contribution >= 0.6 is 11.8 Å². The number of nitrogens with zero attached hydrogens (tertiary/aromatic N) is 1. The fourth-order valence-electron chi connectivity index (χ4n) is 3.12. The summed E-state index contributed by atoms with van der Waals surface area (Å²) in [5, 5.41) is 12.3. The second kappa shape index (κ2) is 8.64. The van der Waals surface area contributed by atoms with Gasteiger partial charge >= 0.3 is 0 Å². The number of hydrogen-bond donors (Lipinski definition) is 2. The van der Waals surface area contributed by atoms with E-state index in [1.807, 2.05) is 6.26 Å². The van der Waals surface area contributed by atoms with Gasteiger partial charge in [-0.15, -0.1) is 0 Å². The molecule has 0 spiro atoms. The number of nitrogens with one attached hydrogen (secondary N) is 1. The molecule has 0 radical (unpaired) electrons. The van der Waals surface area contributed by atoms with Crippen LogP contribution in [0.2, 0.25) is 0 Å². The zero-order valence-corrected chi connectivity index (χ0v) is 15.6. The molecule has 8 heteroatoms. The number of fused-ring (bicyclic) bond motifs is 1. The normalized spacial score (nSPS) is 20.2. The minimum absolute atomic E-state index is 0.0912. The predicted molar refractivity (Wildman–Crippen MR) is 99.9 cm³/mol. The number of aliphatic hydroxyl groups excluding tert-OH is 1. The van der Waals surface area contributed by atoms with Gasteiger partial charge in [0.05, 0.1) is 18.6 Å². The summed E-state index contributed by atoms with van der Waals surface area (Å²) in [4.78, 5) is 26.5. The van der Waals surface area contributed by atoms with Crippen molar-refractivity contribution in [2.75, 3.05) is 43.3 Å². The van der Waals surface area contributed by atoms with E-state index in [1.165, 1.54) is 0 Å². The quantitative estimate of drug-likeness (QED) is 0.735. The molecule has 2 N–H and O–H groups in total. The van der Waals surface area contributed by atoms with Crippen LogP contribution in [-0.4, -0.2) is 61.3 Å². The van der Waals surface area contributed by atoms with Crippen molar-refractivity contribution >= 4 is 29.3 Å². The number of benzene rings is 1. The van der Waals surface area contributed by atoms with Crippen molar-refractivity contribution < 1.29 is 24.2 Å². The van der Waals surface area contributed by atoms with E-state index in [0.29, 0.717) is 43.4 Å². The molecule has 1 unspecified atom stereocenters. The summed E-state index contributed by atoms with van der Waals surface area (Å²) in [6.07, 6.45) is 2.86. The largest absolute Gasteiger partial charge is 0.486 e. The van der Waals surface area contributed by atoms with Crippen molar-refractivity contribution in [1.82, 2.24) is 5.32 Å². The number of carbonyl (C=O) groups excluding carboxylic acids is 2. The number of aliphatic hydroxyl groups is 1. The van der Waals surface area contributed by atoms with Crippen molar-refractivity contribution in [2.45, 2.75) is 18.9 Å². The van der Waals surface area contributed by atoms with Crippen LogP contribution in [-0.2, 0) is 9.59 Å². The first-order valence-electron chi connectivity index (χ1n) is 8.72. The lowest BCUT2D eigenvalue weighted by atomic mass is 10.1. The number of amides is 2. The summed E-state index contributed by atoms with van der Waals surface area (Å²) in [5.74, 6) is 1.45. The van der Waals surface area contributed by atoms with Gasteiger partial charge in [-0.1, -0.05) is 0 Å². The molecule has 3 rings (SSSR count). The highest BCUT2D eigenvalue weighted by Gasteiger charge is 2.36. The van der Waals surface area contributed by atoms with Crippen LogP contribution in [0.25, 0.3) is 0 Å². The van der Waals surface area contributed by atoms with E-state index < -0.39 is 5.92 Å². The zero-order chi connectivity index (χ0) is 18.5. The Balaban J connectivity index is 1.64. The molecule has 0 bridgehead atoms. The van der Waals surface area contributed by atoms with E-state index in [2.05, 4.69) is 5.32 Å². The standard InChI is InChI=1S/C18H24N2O5S/c1-26-7-4-13(11-21)19-18(23)12-8-17(22)20(10-12)14-2-3-15-16(9-14)25-6-5-24-15/h2-3,9,12-13,21H,4-8,10-11H2,1H3,(H,19,23)/t12?,13-/m0/s1. The van der Waals surface area contributed by atoms with Gasteiger partial charge in [-0.3, -0.25) is 9.59 Å². The van der Waals surface area contributed by atoms with Gasteiger partial charge in [0.15, 0.2) is 11.5 Å². The molecule has 2 aliphatic heterocycles. The molecule has 7 nitrogen and oxygen atoms in total. The van der Waals surface area contributed by atoms with Crippen LogP contribution in [0.15, 0.2) is 18.2 Å². The number of hydrogen-bond acceptors (Lipinski definition) is 6. The third-order valence-corrected chi connectivity index (χ3v) is 5.21. The van der Waals surface area contributed by atoms with Crippen LogP contribution in [0, 0.1) is 5.92 Å². The highest BCUT2D eigenvalue weighted by atomic mass is 32.2. The predicted octanol–water partition coefficient (Wildman–Crippen LogP) is 1.04. The number of rotatable bonds is 7. The van der Waals surface area contributed by atoms with E-state index in [0.717, 1.165) is 5.75 Å². The summed E-state index contributed by atoms with van der Waals surface area (Å²) < 4.78 is 11.1. The lowest BCUT2D eigenvalue weighted by molar-refractivity contribution is -0.127. The third kappa shape index (κ3) is 4.24. The molecule has 142 valence electrons. The van der Waals surface area contributed by atoms with Crippen LogP contribution in [0.4, 0.5) is 5.69 Å². The Hall–Kier alpha value is -1.93. The highest BCUT2D eigenvalue weighted by molar-refractivity contribution is 7.98. The molecule has 2 aliphatic rings. The Morgan fingerprint density at radius 2 is 2.15 bits per heavy atom. The zero-order valence-electron chi connectivity index (χ0n) is 14.8. The molecule has 2 heterocycles. The Morgan fingerprint density at radius 3 is 2.88 bits per heavy atom. The van der Waals surface area contributed by atoms with Crippen LogP contribution in [0.5, 0.6) is 11.5 Å². The second-order valence-electron chi connectivity index (χ2n) is 6.40. The smallest absolute Gasteiger partial charge is 0.227 e. The molecule has 1 aromatic carbocycles. The maximum atomic E-state index is 12.5. The second-order valence-corrected chi connectivity index (χ2v) is 7.39. The number of thioether (sulfide) groups is 1. The first kappa shape index (κ1) is 18.8. The van der Waals surface area contributed by atoms with Gasteiger partial charge in [0.25, 0.3) is 0 Å². The van der Waals surface area contributed by atoms with Crippen molar-refractivity contribution in [3.63, 3.8) is 0 Å². The molecule has 0 aromatic heterocycles. The van der Waals surface area contributed by atoms with Crippen molar-refractivity contribution in [3.05, 3.63) is 18.2 Å². The van der Waals surface area contributed by atoms with Crippen LogP contribution in [0.3, 0.4) is 0 Å². The van der Waals surface area contributed by atoms with Gasteiger partial charge in [0, 0.05) is 24.7 Å². The fourth-order valence-corrected chi connectivity index (χ4v) is 3.64. The minimum atomic E-state index is -0.418. The summed E-state index contributed by atoms with van der Waals surface area (Å²) in [7, 11) is 0. The molecular formula is C18H24N2O5S. The molecule has 0 saturated carbocycles. The fraction of sp³-hybridized carbons (Fsp3) is 0.556. The first-order chi connectivity index (χ1) is 12.6. The number of ether oxygens (including phenoxy) is 2.